The van der Waals surface area contributed by atoms with E-state index >= 15 is 0 Å². The number of nitrogens with one attached hydrogen (secondary N) is 5. The zero-order valence-electron chi connectivity index (χ0n) is 20.1. The molecule has 0 spiro atoms. The second kappa shape index (κ2) is 13.6. The summed E-state index contributed by atoms with van der Waals surface area (Å²) in [6.07, 6.45) is 0.194. The number of likely N-dealkylation sites (N-methyl/N-ethyl adjacent to an activating group) is 1. The van der Waals surface area contributed by atoms with Crippen LogP contribution in [-0.4, -0.2) is 85.5 Å². The van der Waals surface area contributed by atoms with Crippen LogP contribution in [0.25, 0.3) is 0 Å². The van der Waals surface area contributed by atoms with Crippen LogP contribution < -0.4 is 26.6 Å². The Kier molecular flexibility index (Phi) is 10.5. The minimum absolute atomic E-state index is 0.0385. The van der Waals surface area contributed by atoms with Crippen molar-refractivity contribution >= 4 is 41.4 Å². The predicted molar refractivity (Wildman–Crippen MR) is 126 cm³/mol. The SMILES string of the molecule is CNC(=O)CNC(=O)C(Cc1ccccc1)NC(=O)CNC(=O)CNC(=O)CN1C(=O)CC(C)C1=O. The molecule has 7 amide bonds. The highest BCUT2D eigenvalue weighted by atomic mass is 16.2. The van der Waals surface area contributed by atoms with Crippen LogP contribution in [0.4, 0.5) is 0 Å². The summed E-state index contributed by atoms with van der Waals surface area (Å²) in [5.41, 5.74) is 0.772. The van der Waals surface area contributed by atoms with Crippen molar-refractivity contribution in [3.8, 4) is 0 Å². The van der Waals surface area contributed by atoms with Crippen LogP contribution >= 0.6 is 0 Å². The standard InChI is InChI=1S/C23H30N6O7/c1-14-8-21(34)29(23(14)36)13-20(33)26-11-18(31)25-12-19(32)28-16(9-15-6-4-3-5-7-15)22(35)27-10-17(30)24-2/h3-7,14,16H,8-13H2,1-2H3,(H,24,30)(H,25,31)(H,26,33)(H,27,35)(H,28,32). The van der Waals surface area contributed by atoms with E-state index in [1.54, 1.807) is 37.3 Å². The summed E-state index contributed by atoms with van der Waals surface area (Å²) >= 11 is 0. The average Bonchev–Trinajstić information content (AvgIpc) is 3.10. The number of amides is 7. The number of imide groups is 1. The smallest absolute Gasteiger partial charge is 0.243 e. The van der Waals surface area contributed by atoms with Crippen LogP contribution in [0.15, 0.2) is 30.3 Å². The van der Waals surface area contributed by atoms with Gasteiger partial charge in [-0.2, -0.15) is 0 Å². The minimum Gasteiger partial charge on any atom is -0.358 e. The largest absolute Gasteiger partial charge is 0.358 e. The van der Waals surface area contributed by atoms with E-state index in [2.05, 4.69) is 26.6 Å². The van der Waals surface area contributed by atoms with Gasteiger partial charge >= 0.3 is 0 Å². The van der Waals surface area contributed by atoms with E-state index in [0.29, 0.717) is 0 Å². The molecular formula is C23H30N6O7. The van der Waals surface area contributed by atoms with E-state index in [0.717, 1.165) is 10.5 Å². The van der Waals surface area contributed by atoms with E-state index < -0.39 is 72.9 Å². The molecule has 194 valence electrons. The normalized spacial score (nSPS) is 15.6. The number of likely N-dealkylation sites (tertiary alicyclic amines) is 1. The molecule has 2 atom stereocenters. The lowest BCUT2D eigenvalue weighted by Crippen LogP contribution is -2.52. The average molecular weight is 503 g/mol. The van der Waals surface area contributed by atoms with Gasteiger partial charge in [-0.1, -0.05) is 37.3 Å². The van der Waals surface area contributed by atoms with Crippen LogP contribution in [0, 0.1) is 5.92 Å². The van der Waals surface area contributed by atoms with Crippen molar-refractivity contribution in [2.24, 2.45) is 5.92 Å². The third-order valence-corrected chi connectivity index (χ3v) is 5.30. The molecule has 0 aromatic heterocycles. The van der Waals surface area contributed by atoms with Gasteiger partial charge in [0.2, 0.25) is 41.4 Å². The van der Waals surface area contributed by atoms with Gasteiger partial charge < -0.3 is 26.6 Å². The number of rotatable bonds is 12. The van der Waals surface area contributed by atoms with Gasteiger partial charge in [0.05, 0.1) is 19.6 Å². The number of hydrogen-bond acceptors (Lipinski definition) is 7. The van der Waals surface area contributed by atoms with Crippen LogP contribution in [0.3, 0.4) is 0 Å². The Balaban J connectivity index is 1.81. The number of nitrogens with zero attached hydrogens (tertiary/aromatic N) is 1. The lowest BCUT2D eigenvalue weighted by Gasteiger charge is -2.19. The van der Waals surface area contributed by atoms with Gasteiger partial charge in [-0.15, -0.1) is 0 Å². The molecule has 13 nitrogen and oxygen atoms in total. The first-order chi connectivity index (χ1) is 17.1. The molecule has 0 aliphatic carbocycles. The maximum atomic E-state index is 12.5. The summed E-state index contributed by atoms with van der Waals surface area (Å²) in [6, 6.07) is 7.92. The Morgan fingerprint density at radius 3 is 2.11 bits per heavy atom. The number of carbonyl (C=O) groups is 7. The quantitative estimate of drug-likeness (QED) is 0.191. The molecule has 2 rings (SSSR count). The fourth-order valence-electron chi connectivity index (χ4n) is 3.32. The topological polar surface area (TPSA) is 183 Å². The predicted octanol–water partition coefficient (Wildman–Crippen LogP) is -2.80. The monoisotopic (exact) mass is 502 g/mol. The van der Waals surface area contributed by atoms with E-state index in [-0.39, 0.29) is 19.4 Å². The lowest BCUT2D eigenvalue weighted by molar-refractivity contribution is -0.143. The van der Waals surface area contributed by atoms with Gasteiger partial charge in [0, 0.05) is 25.8 Å². The van der Waals surface area contributed by atoms with Crippen LogP contribution in [-0.2, 0) is 40.0 Å². The fraction of sp³-hybridized carbons (Fsp3) is 0.435. The number of hydrogen-bond donors (Lipinski definition) is 5. The van der Waals surface area contributed by atoms with Crippen molar-refractivity contribution in [2.45, 2.75) is 25.8 Å². The van der Waals surface area contributed by atoms with Gasteiger partial charge in [-0.3, -0.25) is 38.5 Å². The molecular weight excluding hydrogens is 472 g/mol. The molecule has 0 radical (unpaired) electrons. The van der Waals surface area contributed by atoms with E-state index in [1.165, 1.54) is 7.05 Å². The molecule has 1 aromatic carbocycles. The van der Waals surface area contributed by atoms with Gasteiger partial charge in [0.15, 0.2) is 0 Å². The Bertz CT molecular complexity index is 1010. The maximum absolute atomic E-state index is 12.5. The first-order valence-corrected chi connectivity index (χ1v) is 11.3. The van der Waals surface area contributed by atoms with Crippen molar-refractivity contribution < 1.29 is 33.6 Å². The Hall–Kier alpha value is -4.29. The molecule has 1 aromatic rings. The highest BCUT2D eigenvalue weighted by Gasteiger charge is 2.36. The van der Waals surface area contributed by atoms with Crippen LogP contribution in [0.1, 0.15) is 18.9 Å². The Labute approximate surface area is 207 Å². The van der Waals surface area contributed by atoms with E-state index in [1.807, 2.05) is 0 Å². The van der Waals surface area contributed by atoms with Gasteiger partial charge in [-0.05, 0) is 5.56 Å². The molecule has 1 aliphatic rings. The van der Waals surface area contributed by atoms with Crippen molar-refractivity contribution in [3.05, 3.63) is 35.9 Å². The van der Waals surface area contributed by atoms with Gasteiger partial charge in [0.1, 0.15) is 12.6 Å². The summed E-state index contributed by atoms with van der Waals surface area (Å²) in [5, 5.41) is 11.9. The molecule has 13 heteroatoms. The first-order valence-electron chi connectivity index (χ1n) is 11.3. The molecule has 36 heavy (non-hydrogen) atoms. The molecule has 5 N–H and O–H groups in total. The third-order valence-electron chi connectivity index (χ3n) is 5.30. The second-order valence-electron chi connectivity index (χ2n) is 8.18. The van der Waals surface area contributed by atoms with Crippen molar-refractivity contribution in [1.29, 1.82) is 0 Å². The number of carbonyl (C=O) groups excluding carboxylic acids is 7. The third kappa shape index (κ3) is 8.81. The fourth-order valence-corrected chi connectivity index (χ4v) is 3.32. The molecule has 1 aliphatic heterocycles. The van der Waals surface area contributed by atoms with Gasteiger partial charge in [-0.25, -0.2) is 0 Å². The summed E-state index contributed by atoms with van der Waals surface area (Å²) in [7, 11) is 1.43. The van der Waals surface area contributed by atoms with Crippen molar-refractivity contribution in [3.63, 3.8) is 0 Å². The van der Waals surface area contributed by atoms with E-state index in [4.69, 9.17) is 0 Å². The summed E-state index contributed by atoms with van der Waals surface area (Å²) in [6.45, 7) is -0.101. The van der Waals surface area contributed by atoms with Crippen LogP contribution in [0.5, 0.6) is 0 Å². The Morgan fingerprint density at radius 2 is 1.50 bits per heavy atom. The second-order valence-corrected chi connectivity index (χ2v) is 8.18. The van der Waals surface area contributed by atoms with Crippen LogP contribution in [0.2, 0.25) is 0 Å². The summed E-state index contributed by atoms with van der Waals surface area (Å²) in [5.74, 6) is -4.40. The molecule has 1 saturated heterocycles. The zero-order valence-corrected chi connectivity index (χ0v) is 20.1. The highest BCUT2D eigenvalue weighted by molar-refractivity contribution is 6.06. The number of benzene rings is 1. The van der Waals surface area contributed by atoms with Gasteiger partial charge in [0.25, 0.3) is 0 Å². The lowest BCUT2D eigenvalue weighted by atomic mass is 10.1. The van der Waals surface area contributed by atoms with Crippen molar-refractivity contribution in [1.82, 2.24) is 31.5 Å². The highest BCUT2D eigenvalue weighted by Crippen LogP contribution is 2.17. The molecule has 0 bridgehead atoms. The molecule has 1 fully saturated rings. The van der Waals surface area contributed by atoms with Crippen molar-refractivity contribution in [2.75, 3.05) is 33.2 Å². The van der Waals surface area contributed by atoms with E-state index in [9.17, 15) is 33.6 Å². The molecule has 1 heterocycles. The zero-order chi connectivity index (χ0) is 26.7. The molecule has 2 unspecified atom stereocenters. The summed E-state index contributed by atoms with van der Waals surface area (Å²) in [4.78, 5) is 84.8. The summed E-state index contributed by atoms with van der Waals surface area (Å²) < 4.78 is 0. The Morgan fingerprint density at radius 1 is 0.889 bits per heavy atom. The first kappa shape index (κ1) is 28.0. The molecule has 0 saturated carbocycles. The minimum atomic E-state index is -1.00. The maximum Gasteiger partial charge on any atom is 0.243 e.